The van der Waals surface area contributed by atoms with Gasteiger partial charge in [-0.3, -0.25) is 4.98 Å². The van der Waals surface area contributed by atoms with Crippen LogP contribution in [0.25, 0.3) is 0 Å². The number of nitrogens with zero attached hydrogens (tertiary/aromatic N) is 1. The van der Waals surface area contributed by atoms with Crippen molar-refractivity contribution in [3.8, 4) is 0 Å². The van der Waals surface area contributed by atoms with Crippen molar-refractivity contribution in [1.29, 1.82) is 0 Å². The third kappa shape index (κ3) is 2.80. The maximum atomic E-state index is 12.1. The summed E-state index contributed by atoms with van der Waals surface area (Å²) in [6.45, 7) is 0. The third-order valence-corrected chi connectivity index (χ3v) is 2.95. The van der Waals surface area contributed by atoms with Crippen LogP contribution in [0.3, 0.4) is 0 Å². The number of pyridine rings is 1. The number of rotatable bonds is 1. The molecule has 0 radical (unpaired) electrons. The summed E-state index contributed by atoms with van der Waals surface area (Å²) in [5.41, 5.74) is -0.721. The van der Waals surface area contributed by atoms with Crippen LogP contribution in [0.4, 0.5) is 13.2 Å². The van der Waals surface area contributed by atoms with Gasteiger partial charge in [0.25, 0.3) is 0 Å². The molecule has 0 fully saturated rings. The minimum atomic E-state index is -4.31. The lowest BCUT2D eigenvalue weighted by Gasteiger charge is -2.09. The normalized spacial score (nSPS) is 15.6. The lowest BCUT2D eigenvalue weighted by atomic mass is 10.3. The molecule has 0 aliphatic heterocycles. The summed E-state index contributed by atoms with van der Waals surface area (Å²) in [4.78, 5) is 3.68. The van der Waals surface area contributed by atoms with Gasteiger partial charge in [0, 0.05) is 6.20 Å². The van der Waals surface area contributed by atoms with E-state index in [0.717, 1.165) is 12.3 Å². The summed E-state index contributed by atoms with van der Waals surface area (Å²) < 4.78 is 36.2. The fraction of sp³-hybridized carbons (Fsp3) is 0.286. The van der Waals surface area contributed by atoms with Gasteiger partial charge in [0.05, 0.1) is 10.6 Å². The van der Waals surface area contributed by atoms with E-state index in [1.54, 1.807) is 0 Å². The van der Waals surface area contributed by atoms with Gasteiger partial charge in [-0.15, -0.1) is 11.7 Å². The molecule has 0 aliphatic rings. The quantitative estimate of drug-likeness (QED) is 0.555. The van der Waals surface area contributed by atoms with E-state index in [4.69, 9.17) is 0 Å². The molecule has 0 aliphatic carbocycles. The number of alkyl halides is 3. The first kappa shape index (κ1) is 10.7. The zero-order valence-electron chi connectivity index (χ0n) is 6.71. The Morgan fingerprint density at radius 3 is 2.31 bits per heavy atom. The van der Waals surface area contributed by atoms with E-state index in [9.17, 15) is 13.2 Å². The van der Waals surface area contributed by atoms with Crippen molar-refractivity contribution in [2.24, 2.45) is 0 Å². The van der Waals surface area contributed by atoms with Crippen molar-refractivity contribution in [2.75, 3.05) is 6.26 Å². The number of thiol groups is 2. The Kier molecular flexibility index (Phi) is 3.13. The largest absolute Gasteiger partial charge is 0.417 e. The minimum absolute atomic E-state index is 0.603. The molecule has 0 spiro atoms. The fourth-order valence-corrected chi connectivity index (χ4v) is 1.62. The highest BCUT2D eigenvalue weighted by Gasteiger charge is 2.30. The lowest BCUT2D eigenvalue weighted by molar-refractivity contribution is -0.137. The number of hydrogen-bond acceptors (Lipinski definition) is 2. The van der Waals surface area contributed by atoms with Crippen LogP contribution in [0.15, 0.2) is 23.4 Å². The molecule has 1 heterocycles. The van der Waals surface area contributed by atoms with Crippen LogP contribution < -0.4 is 0 Å². The smallest absolute Gasteiger partial charge is 0.250 e. The number of aromatic nitrogens is 1. The van der Waals surface area contributed by atoms with Crippen LogP contribution in [-0.4, -0.2) is 11.2 Å². The second-order valence-electron chi connectivity index (χ2n) is 2.43. The molecule has 0 saturated heterocycles. The highest BCUT2D eigenvalue weighted by atomic mass is 33.1. The minimum Gasteiger partial charge on any atom is -0.250 e. The summed E-state index contributed by atoms with van der Waals surface area (Å²) in [6.07, 6.45) is -1.66. The summed E-state index contributed by atoms with van der Waals surface area (Å²) in [6, 6.07) is 2.39. The van der Waals surface area contributed by atoms with E-state index >= 15 is 0 Å². The number of hydrogen-bond donors (Lipinski definition) is 2. The fourth-order valence-electron chi connectivity index (χ4n) is 0.745. The molecule has 1 rings (SSSR count). The molecule has 6 heteroatoms. The van der Waals surface area contributed by atoms with Crippen molar-refractivity contribution in [2.45, 2.75) is 11.2 Å². The zero-order valence-corrected chi connectivity index (χ0v) is 8.50. The molecule has 74 valence electrons. The standard InChI is InChI=1S/C7H8F3NS2/c1-13(12)6-3-2-5(4-11-6)7(8,9)10/h2-4,12-13H,1H3. The zero-order chi connectivity index (χ0) is 10.1. The molecule has 1 nitrogen and oxygen atoms in total. The van der Waals surface area contributed by atoms with E-state index in [1.165, 1.54) is 6.07 Å². The van der Waals surface area contributed by atoms with Crippen LogP contribution in [0.2, 0.25) is 0 Å². The van der Waals surface area contributed by atoms with E-state index in [-0.39, 0.29) is 0 Å². The van der Waals surface area contributed by atoms with Crippen LogP contribution in [0.5, 0.6) is 0 Å². The van der Waals surface area contributed by atoms with Crippen molar-refractivity contribution in [3.05, 3.63) is 23.9 Å². The van der Waals surface area contributed by atoms with E-state index in [0.29, 0.717) is 5.03 Å². The number of halogens is 3. The van der Waals surface area contributed by atoms with Crippen LogP contribution >= 0.6 is 21.6 Å². The molecule has 13 heavy (non-hydrogen) atoms. The molecule has 1 aromatic heterocycles. The summed E-state index contributed by atoms with van der Waals surface area (Å²) >= 11 is 4.12. The Morgan fingerprint density at radius 2 is 2.00 bits per heavy atom. The van der Waals surface area contributed by atoms with Gasteiger partial charge in [0.2, 0.25) is 0 Å². The average molecular weight is 227 g/mol. The van der Waals surface area contributed by atoms with Crippen LogP contribution in [0.1, 0.15) is 5.56 Å². The lowest BCUT2D eigenvalue weighted by Crippen LogP contribution is -2.05. The first-order valence-electron chi connectivity index (χ1n) is 3.37. The van der Waals surface area contributed by atoms with Gasteiger partial charge in [-0.25, -0.2) is 0 Å². The van der Waals surface area contributed by atoms with Gasteiger partial charge < -0.3 is 0 Å². The van der Waals surface area contributed by atoms with Gasteiger partial charge in [-0.05, 0) is 18.4 Å². The third-order valence-electron chi connectivity index (χ3n) is 1.41. The van der Waals surface area contributed by atoms with Crippen LogP contribution in [-0.2, 0) is 6.18 Å². The van der Waals surface area contributed by atoms with Gasteiger partial charge >= 0.3 is 6.18 Å². The van der Waals surface area contributed by atoms with E-state index in [2.05, 4.69) is 16.6 Å². The predicted octanol–water partition coefficient (Wildman–Crippen LogP) is 2.94. The first-order valence-corrected chi connectivity index (χ1v) is 6.31. The average Bonchev–Trinajstić information content (AvgIpc) is 2.03. The van der Waals surface area contributed by atoms with Gasteiger partial charge in [-0.1, -0.05) is 0 Å². The molecule has 0 saturated carbocycles. The highest BCUT2D eigenvalue weighted by molar-refractivity contribution is 8.77. The Morgan fingerprint density at radius 1 is 1.38 bits per heavy atom. The summed E-state index contributed by atoms with van der Waals surface area (Å²) in [5, 5.41) is 0.603. The van der Waals surface area contributed by atoms with E-state index < -0.39 is 21.7 Å². The van der Waals surface area contributed by atoms with E-state index in [1.807, 2.05) is 6.26 Å². The van der Waals surface area contributed by atoms with Gasteiger partial charge in [0.1, 0.15) is 0 Å². The SMILES string of the molecule is C[SH](S)c1ccc(C(F)(F)F)cn1. The topological polar surface area (TPSA) is 12.9 Å². The second kappa shape index (κ2) is 3.79. The van der Waals surface area contributed by atoms with Crippen molar-refractivity contribution in [3.63, 3.8) is 0 Å². The summed E-state index contributed by atoms with van der Waals surface area (Å²) in [7, 11) is -0.728. The first-order chi connectivity index (χ1) is 5.91. The molecule has 0 amide bonds. The van der Waals surface area contributed by atoms with Crippen molar-refractivity contribution >= 4 is 21.6 Å². The maximum absolute atomic E-state index is 12.1. The second-order valence-corrected chi connectivity index (χ2v) is 5.73. The molecular weight excluding hydrogens is 219 g/mol. The Hall–Kier alpha value is -0.360. The highest BCUT2D eigenvalue weighted by Crippen LogP contribution is 2.36. The molecule has 0 N–H and O–H groups in total. The predicted molar refractivity (Wildman–Crippen MR) is 51.4 cm³/mol. The van der Waals surface area contributed by atoms with Crippen LogP contribution in [0, 0.1) is 0 Å². The molecule has 0 aromatic carbocycles. The van der Waals surface area contributed by atoms with Crippen molar-refractivity contribution < 1.29 is 13.2 Å². The molecule has 1 unspecified atom stereocenters. The molecule has 0 bridgehead atoms. The molecule has 1 aromatic rings. The monoisotopic (exact) mass is 227 g/mol. The maximum Gasteiger partial charge on any atom is 0.417 e. The summed E-state index contributed by atoms with van der Waals surface area (Å²) in [5.74, 6) is 0. The van der Waals surface area contributed by atoms with Gasteiger partial charge in [-0.2, -0.15) is 23.1 Å². The Bertz CT molecular complexity index is 281. The molecular formula is C7H8F3NS2. The van der Waals surface area contributed by atoms with Crippen molar-refractivity contribution in [1.82, 2.24) is 4.98 Å². The molecule has 1 atom stereocenters. The Labute approximate surface area is 81.5 Å². The Balaban J connectivity index is 2.94. The van der Waals surface area contributed by atoms with Gasteiger partial charge in [0.15, 0.2) is 0 Å².